The summed E-state index contributed by atoms with van der Waals surface area (Å²) in [6, 6.07) is 6.81. The fourth-order valence-corrected chi connectivity index (χ4v) is 3.71. The van der Waals surface area contributed by atoms with Gasteiger partial charge in [0.1, 0.15) is 5.01 Å². The third kappa shape index (κ3) is 4.03. The van der Waals surface area contributed by atoms with Crippen molar-refractivity contribution in [2.24, 2.45) is 0 Å². The van der Waals surface area contributed by atoms with Gasteiger partial charge in [0, 0.05) is 23.3 Å². The maximum atomic E-state index is 11.9. The van der Waals surface area contributed by atoms with Crippen LogP contribution in [0.4, 0.5) is 5.69 Å². The Morgan fingerprint density at radius 2 is 1.95 bits per heavy atom. The van der Waals surface area contributed by atoms with Crippen LogP contribution >= 0.6 is 11.3 Å². The van der Waals surface area contributed by atoms with Crippen LogP contribution in [0.15, 0.2) is 35.4 Å². The predicted molar refractivity (Wildman–Crippen MR) is 86.2 cm³/mol. The van der Waals surface area contributed by atoms with Gasteiger partial charge in [0.2, 0.25) is 10.0 Å². The first-order valence-electron chi connectivity index (χ1n) is 6.71. The molecule has 1 heterocycles. The molecule has 114 valence electrons. The quantitative estimate of drug-likeness (QED) is 0.856. The Hall–Kier alpha value is -1.44. The van der Waals surface area contributed by atoms with Gasteiger partial charge in [0.05, 0.1) is 10.9 Å². The van der Waals surface area contributed by atoms with Crippen LogP contribution in [0.25, 0.3) is 0 Å². The minimum atomic E-state index is -3.39. The molecule has 1 atom stereocenters. The molecule has 0 aliphatic heterocycles. The molecule has 0 saturated heterocycles. The number of aromatic nitrogens is 1. The number of nitrogens with zero attached hydrogens (tertiary/aromatic N) is 1. The molecule has 0 saturated carbocycles. The molecule has 0 aliphatic rings. The van der Waals surface area contributed by atoms with E-state index in [4.69, 9.17) is 0 Å². The van der Waals surface area contributed by atoms with E-state index >= 15 is 0 Å². The van der Waals surface area contributed by atoms with Crippen molar-refractivity contribution in [3.05, 3.63) is 40.3 Å². The highest BCUT2D eigenvalue weighted by atomic mass is 32.2. The average Bonchev–Trinajstić information content (AvgIpc) is 2.86. The maximum absolute atomic E-state index is 11.9. The lowest BCUT2D eigenvalue weighted by atomic mass is 10.3. The molecule has 1 aromatic heterocycles. The van der Waals surface area contributed by atoms with Crippen molar-refractivity contribution in [3.8, 4) is 0 Å². The van der Waals surface area contributed by atoms with Gasteiger partial charge >= 0.3 is 0 Å². The molecular weight excluding hydrogens is 306 g/mol. The predicted octanol–water partition coefficient (Wildman–Crippen LogP) is 2.92. The Morgan fingerprint density at radius 1 is 1.29 bits per heavy atom. The van der Waals surface area contributed by atoms with Crippen molar-refractivity contribution < 1.29 is 8.42 Å². The second kappa shape index (κ2) is 6.55. The van der Waals surface area contributed by atoms with Crippen LogP contribution < -0.4 is 10.0 Å². The Labute approximate surface area is 129 Å². The SMILES string of the molecule is CCNS(=O)(=O)c1ccc(NC(C)c2ncc(C)s2)cc1. The lowest BCUT2D eigenvalue weighted by Crippen LogP contribution is -2.23. The zero-order valence-electron chi connectivity index (χ0n) is 12.3. The van der Waals surface area contributed by atoms with Gasteiger partial charge in [-0.15, -0.1) is 11.3 Å². The fraction of sp³-hybridized carbons (Fsp3) is 0.357. The van der Waals surface area contributed by atoms with E-state index in [0.29, 0.717) is 6.54 Å². The summed E-state index contributed by atoms with van der Waals surface area (Å²) in [5, 5.41) is 4.33. The van der Waals surface area contributed by atoms with E-state index in [2.05, 4.69) is 15.0 Å². The van der Waals surface area contributed by atoms with Crippen molar-refractivity contribution in [1.82, 2.24) is 9.71 Å². The summed E-state index contributed by atoms with van der Waals surface area (Å²) in [6.45, 7) is 6.18. The molecule has 0 spiro atoms. The van der Waals surface area contributed by atoms with Crippen molar-refractivity contribution >= 4 is 27.0 Å². The maximum Gasteiger partial charge on any atom is 0.240 e. The van der Waals surface area contributed by atoms with Crippen LogP contribution in [-0.2, 0) is 10.0 Å². The van der Waals surface area contributed by atoms with E-state index in [1.54, 1.807) is 42.5 Å². The number of sulfonamides is 1. The topological polar surface area (TPSA) is 71.1 Å². The molecule has 0 aliphatic carbocycles. The van der Waals surface area contributed by atoms with E-state index in [0.717, 1.165) is 10.7 Å². The molecule has 2 N–H and O–H groups in total. The summed E-state index contributed by atoms with van der Waals surface area (Å²) in [5.41, 5.74) is 0.866. The van der Waals surface area contributed by atoms with E-state index in [1.807, 2.05) is 20.0 Å². The molecule has 0 bridgehead atoms. The molecule has 2 aromatic rings. The second-order valence-electron chi connectivity index (χ2n) is 4.70. The van der Waals surface area contributed by atoms with Crippen LogP contribution in [0.5, 0.6) is 0 Å². The van der Waals surface area contributed by atoms with Gasteiger partial charge in [-0.05, 0) is 38.1 Å². The van der Waals surface area contributed by atoms with Gasteiger partial charge in [-0.3, -0.25) is 0 Å². The molecular formula is C14H19N3O2S2. The molecule has 1 unspecified atom stereocenters. The number of rotatable bonds is 6. The molecule has 0 radical (unpaired) electrons. The Morgan fingerprint density at radius 3 is 2.48 bits per heavy atom. The summed E-state index contributed by atoms with van der Waals surface area (Å²) in [4.78, 5) is 5.79. The van der Waals surface area contributed by atoms with Crippen LogP contribution in [0, 0.1) is 6.92 Å². The van der Waals surface area contributed by atoms with E-state index in [9.17, 15) is 8.42 Å². The summed E-state index contributed by atoms with van der Waals surface area (Å²) in [5.74, 6) is 0. The van der Waals surface area contributed by atoms with E-state index < -0.39 is 10.0 Å². The van der Waals surface area contributed by atoms with Gasteiger partial charge in [-0.2, -0.15) is 0 Å². The van der Waals surface area contributed by atoms with E-state index in [-0.39, 0.29) is 10.9 Å². The largest absolute Gasteiger partial charge is 0.376 e. The van der Waals surface area contributed by atoms with Crippen molar-refractivity contribution in [2.75, 3.05) is 11.9 Å². The summed E-state index contributed by atoms with van der Waals surface area (Å²) in [6.07, 6.45) is 1.85. The number of benzene rings is 1. The van der Waals surface area contributed by atoms with Crippen molar-refractivity contribution in [1.29, 1.82) is 0 Å². The third-order valence-electron chi connectivity index (χ3n) is 2.89. The zero-order valence-corrected chi connectivity index (χ0v) is 13.9. The molecule has 21 heavy (non-hydrogen) atoms. The number of thiazole rings is 1. The average molecular weight is 325 g/mol. The van der Waals surface area contributed by atoms with Gasteiger partial charge < -0.3 is 5.32 Å². The van der Waals surface area contributed by atoms with E-state index in [1.165, 1.54) is 4.88 Å². The molecule has 1 aromatic carbocycles. The first kappa shape index (κ1) is 15.9. The standard InChI is InChI=1S/C14H19N3O2S2/c1-4-16-21(18,19)13-7-5-12(6-8-13)17-11(3)14-15-9-10(2)20-14/h5-9,11,16-17H,4H2,1-3H3. The summed E-state index contributed by atoms with van der Waals surface area (Å²) >= 11 is 1.65. The van der Waals surface area contributed by atoms with Crippen LogP contribution in [0.1, 0.15) is 29.8 Å². The minimum Gasteiger partial charge on any atom is -0.376 e. The van der Waals surface area contributed by atoms with Crippen LogP contribution in [-0.4, -0.2) is 19.9 Å². The van der Waals surface area contributed by atoms with Gasteiger partial charge in [-0.25, -0.2) is 18.1 Å². The van der Waals surface area contributed by atoms with Gasteiger partial charge in [0.15, 0.2) is 0 Å². The highest BCUT2D eigenvalue weighted by molar-refractivity contribution is 7.89. The third-order valence-corrected chi connectivity index (χ3v) is 5.55. The normalized spacial score (nSPS) is 13.1. The minimum absolute atomic E-state index is 0.0833. The van der Waals surface area contributed by atoms with Crippen molar-refractivity contribution in [3.63, 3.8) is 0 Å². The van der Waals surface area contributed by atoms with Crippen LogP contribution in [0.2, 0.25) is 0 Å². The number of hydrogen-bond donors (Lipinski definition) is 2. The first-order chi connectivity index (χ1) is 9.92. The molecule has 0 amide bonds. The second-order valence-corrected chi connectivity index (χ2v) is 7.73. The van der Waals surface area contributed by atoms with Gasteiger partial charge in [-0.1, -0.05) is 6.92 Å². The lowest BCUT2D eigenvalue weighted by molar-refractivity contribution is 0.584. The van der Waals surface area contributed by atoms with Gasteiger partial charge in [0.25, 0.3) is 0 Å². The summed E-state index contributed by atoms with van der Waals surface area (Å²) < 4.78 is 26.2. The monoisotopic (exact) mass is 325 g/mol. The smallest absolute Gasteiger partial charge is 0.240 e. The molecule has 0 fully saturated rings. The number of hydrogen-bond acceptors (Lipinski definition) is 5. The Kier molecular flexibility index (Phi) is 4.97. The highest BCUT2D eigenvalue weighted by Gasteiger charge is 2.13. The first-order valence-corrected chi connectivity index (χ1v) is 9.01. The van der Waals surface area contributed by atoms with Crippen molar-refractivity contribution in [2.45, 2.75) is 31.7 Å². The number of anilines is 1. The van der Waals surface area contributed by atoms with Crippen LogP contribution in [0.3, 0.4) is 0 Å². The Bertz CT molecular complexity index is 693. The summed E-state index contributed by atoms with van der Waals surface area (Å²) in [7, 11) is -3.39. The Balaban J connectivity index is 2.09. The fourth-order valence-electron chi connectivity index (χ4n) is 1.89. The lowest BCUT2D eigenvalue weighted by Gasteiger charge is -2.13. The zero-order chi connectivity index (χ0) is 15.5. The number of aryl methyl sites for hydroxylation is 1. The molecule has 2 rings (SSSR count). The highest BCUT2D eigenvalue weighted by Crippen LogP contribution is 2.23. The number of nitrogens with one attached hydrogen (secondary N) is 2. The molecule has 5 nitrogen and oxygen atoms in total. The molecule has 7 heteroatoms.